The molecule has 2 heterocycles. The first-order chi connectivity index (χ1) is 17.3. The Labute approximate surface area is 209 Å². The molecule has 8 nitrogen and oxygen atoms in total. The molecule has 2 aromatic carbocycles. The number of ether oxygens (including phenoxy) is 4. The number of methoxy groups -OCH3 is 1. The van der Waals surface area contributed by atoms with Crippen LogP contribution in [0.25, 0.3) is 0 Å². The number of aliphatic hydroxyl groups excluding tert-OH is 1. The topological polar surface area (TPSA) is 89.5 Å². The molecule has 1 fully saturated rings. The molecule has 4 rings (SSSR count). The predicted octanol–water partition coefficient (Wildman–Crippen LogP) is 3.18. The number of hydrogen-bond acceptors (Lipinski definition) is 7. The molecule has 0 unspecified atom stereocenters. The first-order valence-electron chi connectivity index (χ1n) is 12.1. The van der Waals surface area contributed by atoms with Gasteiger partial charge in [0.2, 0.25) is 5.91 Å². The lowest BCUT2D eigenvalue weighted by atomic mass is 9.99. The van der Waals surface area contributed by atoms with E-state index in [0.717, 1.165) is 0 Å². The summed E-state index contributed by atoms with van der Waals surface area (Å²) in [5.41, 5.74) is 0.543. The van der Waals surface area contributed by atoms with Gasteiger partial charge in [0.15, 0.2) is 11.5 Å². The van der Waals surface area contributed by atoms with Gasteiger partial charge in [0, 0.05) is 32.5 Å². The van der Waals surface area contributed by atoms with E-state index >= 15 is 0 Å². The summed E-state index contributed by atoms with van der Waals surface area (Å²) in [6, 6.07) is 11.4. The Hall–Kier alpha value is -3.11. The molecule has 36 heavy (non-hydrogen) atoms. The van der Waals surface area contributed by atoms with Crippen LogP contribution in [-0.2, 0) is 4.79 Å². The standard InChI is InChI=1S/C26H32F2N2O6/c1-33-19-3-5-20(6-4-19)34-13-8-24(31)29-21(17-30-11-9-26(27,28)10-12-30)25(32)18-2-7-22-23(16-18)36-15-14-35-22/h2-7,16,21,25,32H,8-15,17H2,1H3,(H,29,31)/t21-,25-/m1/s1. The minimum Gasteiger partial charge on any atom is -0.497 e. The second-order valence-corrected chi connectivity index (χ2v) is 8.95. The lowest BCUT2D eigenvalue weighted by Gasteiger charge is -2.35. The van der Waals surface area contributed by atoms with Crippen LogP contribution >= 0.6 is 0 Å². The van der Waals surface area contributed by atoms with Crippen LogP contribution in [0, 0.1) is 0 Å². The fourth-order valence-electron chi connectivity index (χ4n) is 4.25. The van der Waals surface area contributed by atoms with Crippen LogP contribution in [0.5, 0.6) is 23.0 Å². The molecular formula is C26H32F2N2O6. The summed E-state index contributed by atoms with van der Waals surface area (Å²) >= 11 is 0. The first-order valence-corrected chi connectivity index (χ1v) is 12.1. The number of amides is 1. The van der Waals surface area contributed by atoms with E-state index in [2.05, 4.69) is 5.32 Å². The summed E-state index contributed by atoms with van der Waals surface area (Å²) in [6.45, 7) is 1.61. The monoisotopic (exact) mass is 506 g/mol. The van der Waals surface area contributed by atoms with Gasteiger partial charge in [-0.1, -0.05) is 6.07 Å². The predicted molar refractivity (Wildman–Crippen MR) is 128 cm³/mol. The number of benzene rings is 2. The molecule has 0 aliphatic carbocycles. The van der Waals surface area contributed by atoms with Crippen molar-refractivity contribution in [3.8, 4) is 23.0 Å². The van der Waals surface area contributed by atoms with E-state index in [-0.39, 0.29) is 51.4 Å². The number of rotatable bonds is 10. The van der Waals surface area contributed by atoms with Crippen molar-refractivity contribution in [2.45, 2.75) is 37.3 Å². The van der Waals surface area contributed by atoms with E-state index < -0.39 is 18.1 Å². The average molecular weight is 507 g/mol. The number of halogens is 2. The molecule has 0 radical (unpaired) electrons. The lowest BCUT2D eigenvalue weighted by Crippen LogP contribution is -2.50. The van der Waals surface area contributed by atoms with Crippen molar-refractivity contribution in [1.29, 1.82) is 0 Å². The smallest absolute Gasteiger partial charge is 0.250 e. The van der Waals surface area contributed by atoms with Gasteiger partial charge in [-0.05, 0) is 42.0 Å². The van der Waals surface area contributed by atoms with E-state index in [1.165, 1.54) is 0 Å². The SMILES string of the molecule is COc1ccc(OCCC(=O)N[C@H](CN2CCC(F)(F)CC2)[C@H](O)c2ccc3c(c2)OCCO3)cc1. The van der Waals surface area contributed by atoms with Crippen LogP contribution < -0.4 is 24.3 Å². The van der Waals surface area contributed by atoms with Gasteiger partial charge >= 0.3 is 0 Å². The Morgan fingerprint density at radius 1 is 1.08 bits per heavy atom. The Balaban J connectivity index is 1.39. The summed E-state index contributed by atoms with van der Waals surface area (Å²) in [6.07, 6.45) is -1.50. The van der Waals surface area contributed by atoms with E-state index in [0.29, 0.717) is 41.8 Å². The Morgan fingerprint density at radius 2 is 1.75 bits per heavy atom. The van der Waals surface area contributed by atoms with E-state index in [1.807, 2.05) is 4.90 Å². The number of likely N-dealkylation sites (tertiary alicyclic amines) is 1. The lowest BCUT2D eigenvalue weighted by molar-refractivity contribution is -0.123. The number of alkyl halides is 2. The van der Waals surface area contributed by atoms with Crippen LogP contribution in [0.1, 0.15) is 30.9 Å². The molecule has 2 aliphatic rings. The average Bonchev–Trinajstić information content (AvgIpc) is 2.89. The molecule has 196 valence electrons. The molecule has 1 saturated heterocycles. The number of carbonyl (C=O) groups excluding carboxylic acids is 1. The van der Waals surface area contributed by atoms with E-state index in [9.17, 15) is 18.7 Å². The summed E-state index contributed by atoms with van der Waals surface area (Å²) in [7, 11) is 1.57. The highest BCUT2D eigenvalue weighted by Gasteiger charge is 2.36. The minimum absolute atomic E-state index is 0.0639. The zero-order chi connectivity index (χ0) is 25.5. The second-order valence-electron chi connectivity index (χ2n) is 8.95. The number of nitrogens with zero attached hydrogens (tertiary/aromatic N) is 1. The Kier molecular flexibility index (Phi) is 8.48. The Morgan fingerprint density at radius 3 is 2.44 bits per heavy atom. The summed E-state index contributed by atoms with van der Waals surface area (Å²) in [5.74, 6) is -0.576. The molecular weight excluding hydrogens is 474 g/mol. The van der Waals surface area contributed by atoms with Gasteiger partial charge in [0.1, 0.15) is 30.8 Å². The van der Waals surface area contributed by atoms with Crippen molar-refractivity contribution in [1.82, 2.24) is 10.2 Å². The van der Waals surface area contributed by atoms with Gasteiger partial charge < -0.3 is 34.3 Å². The van der Waals surface area contributed by atoms with Gasteiger partial charge in [0.05, 0.1) is 26.2 Å². The molecule has 2 N–H and O–H groups in total. The van der Waals surface area contributed by atoms with Gasteiger partial charge in [-0.15, -0.1) is 0 Å². The van der Waals surface area contributed by atoms with Crippen LogP contribution in [0.2, 0.25) is 0 Å². The quantitative estimate of drug-likeness (QED) is 0.512. The third kappa shape index (κ3) is 6.98. The molecule has 2 atom stereocenters. The largest absolute Gasteiger partial charge is 0.497 e. The third-order valence-electron chi connectivity index (χ3n) is 6.34. The maximum absolute atomic E-state index is 13.6. The minimum atomic E-state index is -2.68. The van der Waals surface area contributed by atoms with Crippen LogP contribution in [-0.4, -0.2) is 74.4 Å². The highest BCUT2D eigenvalue weighted by Crippen LogP contribution is 2.34. The molecule has 0 saturated carbocycles. The number of fused-ring (bicyclic) bond motifs is 1. The van der Waals surface area contributed by atoms with Crippen molar-refractivity contribution in [3.05, 3.63) is 48.0 Å². The fourth-order valence-corrected chi connectivity index (χ4v) is 4.25. The maximum atomic E-state index is 13.6. The summed E-state index contributed by atoms with van der Waals surface area (Å²) in [4.78, 5) is 14.6. The van der Waals surface area contributed by atoms with Crippen molar-refractivity contribution in [2.75, 3.05) is 46.6 Å². The molecule has 10 heteroatoms. The zero-order valence-electron chi connectivity index (χ0n) is 20.3. The highest BCUT2D eigenvalue weighted by molar-refractivity contribution is 5.76. The summed E-state index contributed by atoms with van der Waals surface area (Å²) < 4.78 is 49.2. The number of hydrogen-bond donors (Lipinski definition) is 2. The molecule has 0 bridgehead atoms. The number of piperidine rings is 1. The molecule has 0 spiro atoms. The van der Waals surface area contributed by atoms with Crippen molar-refractivity contribution in [2.24, 2.45) is 0 Å². The van der Waals surface area contributed by atoms with Crippen molar-refractivity contribution in [3.63, 3.8) is 0 Å². The highest BCUT2D eigenvalue weighted by atomic mass is 19.3. The van der Waals surface area contributed by atoms with Crippen LogP contribution in [0.15, 0.2) is 42.5 Å². The van der Waals surface area contributed by atoms with Crippen molar-refractivity contribution < 1.29 is 37.6 Å². The van der Waals surface area contributed by atoms with Gasteiger partial charge in [-0.3, -0.25) is 4.79 Å². The molecule has 2 aromatic rings. The first kappa shape index (κ1) is 26.0. The van der Waals surface area contributed by atoms with Crippen LogP contribution in [0.3, 0.4) is 0 Å². The fraction of sp³-hybridized carbons (Fsp3) is 0.500. The third-order valence-corrected chi connectivity index (χ3v) is 6.34. The molecule has 2 aliphatic heterocycles. The van der Waals surface area contributed by atoms with Gasteiger partial charge in [0.25, 0.3) is 5.92 Å². The number of aliphatic hydroxyl groups is 1. The Bertz CT molecular complexity index is 1010. The normalized spacial score (nSPS) is 18.7. The van der Waals surface area contributed by atoms with Gasteiger partial charge in [-0.25, -0.2) is 8.78 Å². The summed E-state index contributed by atoms with van der Waals surface area (Å²) in [5, 5.41) is 14.1. The van der Waals surface area contributed by atoms with Gasteiger partial charge in [-0.2, -0.15) is 0 Å². The second kappa shape index (κ2) is 11.7. The maximum Gasteiger partial charge on any atom is 0.250 e. The van der Waals surface area contributed by atoms with Crippen LogP contribution in [0.4, 0.5) is 8.78 Å². The van der Waals surface area contributed by atoms with Crippen molar-refractivity contribution >= 4 is 5.91 Å². The van der Waals surface area contributed by atoms with E-state index in [1.54, 1.807) is 49.6 Å². The number of carbonyl (C=O) groups is 1. The number of nitrogens with one attached hydrogen (secondary N) is 1. The van der Waals surface area contributed by atoms with E-state index in [4.69, 9.17) is 18.9 Å². The molecule has 1 amide bonds. The zero-order valence-corrected chi connectivity index (χ0v) is 20.3. The molecule has 0 aromatic heterocycles.